The minimum Gasteiger partial charge on any atom is -0.486 e. The third-order valence-electron chi connectivity index (χ3n) is 4.22. The Morgan fingerprint density at radius 1 is 1.15 bits per heavy atom. The van der Waals surface area contributed by atoms with Gasteiger partial charge in [-0.05, 0) is 49.4 Å². The van der Waals surface area contributed by atoms with Crippen LogP contribution in [0.15, 0.2) is 42.5 Å². The average Bonchev–Trinajstić information content (AvgIpc) is 2.63. The molecule has 2 aromatic rings. The summed E-state index contributed by atoms with van der Waals surface area (Å²) in [5, 5.41) is 2.99. The number of likely N-dealkylation sites (N-methyl/N-ethyl adjacent to an activating group) is 1. The van der Waals surface area contributed by atoms with Gasteiger partial charge in [-0.25, -0.2) is 4.39 Å². The Morgan fingerprint density at radius 2 is 1.85 bits per heavy atom. The molecule has 1 heterocycles. The number of fused-ring (bicyclic) bond motifs is 1. The number of carbonyl (C=O) groups excluding carboxylic acids is 1. The summed E-state index contributed by atoms with van der Waals surface area (Å²) in [5.74, 6) is 1.11. The summed E-state index contributed by atoms with van der Waals surface area (Å²) in [6.07, 6.45) is 0. The van der Waals surface area contributed by atoms with Crippen molar-refractivity contribution in [3.05, 3.63) is 59.4 Å². The van der Waals surface area contributed by atoms with Crippen LogP contribution < -0.4 is 14.8 Å². The average molecular weight is 358 g/mol. The molecule has 2 aromatic carbocycles. The van der Waals surface area contributed by atoms with Crippen LogP contribution in [0.5, 0.6) is 11.5 Å². The van der Waals surface area contributed by atoms with Crippen LogP contribution in [0.25, 0.3) is 0 Å². The molecule has 1 atom stereocenters. The maximum atomic E-state index is 12.9. The van der Waals surface area contributed by atoms with E-state index in [-0.39, 0.29) is 24.3 Å². The van der Waals surface area contributed by atoms with Gasteiger partial charge in [0.25, 0.3) is 0 Å². The zero-order valence-corrected chi connectivity index (χ0v) is 15.0. The van der Waals surface area contributed by atoms with Gasteiger partial charge in [-0.15, -0.1) is 0 Å². The molecule has 0 fully saturated rings. The molecule has 6 heteroatoms. The van der Waals surface area contributed by atoms with Gasteiger partial charge in [0.15, 0.2) is 11.5 Å². The quantitative estimate of drug-likeness (QED) is 0.863. The molecule has 0 saturated carbocycles. The van der Waals surface area contributed by atoms with Gasteiger partial charge in [0.05, 0.1) is 12.6 Å². The van der Waals surface area contributed by atoms with Gasteiger partial charge >= 0.3 is 0 Å². The molecule has 0 unspecified atom stereocenters. The van der Waals surface area contributed by atoms with Crippen LogP contribution in [-0.2, 0) is 11.3 Å². The molecule has 0 saturated heterocycles. The molecule has 0 bridgehead atoms. The van der Waals surface area contributed by atoms with Gasteiger partial charge in [0.1, 0.15) is 19.0 Å². The minimum absolute atomic E-state index is 0.0722. The van der Waals surface area contributed by atoms with Gasteiger partial charge < -0.3 is 14.8 Å². The number of hydrogen-bond acceptors (Lipinski definition) is 4. The smallest absolute Gasteiger partial charge is 0.234 e. The maximum absolute atomic E-state index is 12.9. The molecule has 1 amide bonds. The van der Waals surface area contributed by atoms with Crippen LogP contribution in [0.2, 0.25) is 0 Å². The zero-order valence-electron chi connectivity index (χ0n) is 15.0. The van der Waals surface area contributed by atoms with Gasteiger partial charge in [0.2, 0.25) is 5.91 Å². The summed E-state index contributed by atoms with van der Waals surface area (Å²) in [6, 6.07) is 11.9. The number of rotatable bonds is 6. The van der Waals surface area contributed by atoms with E-state index in [9.17, 15) is 9.18 Å². The number of hydrogen-bond donors (Lipinski definition) is 1. The van der Waals surface area contributed by atoms with Crippen molar-refractivity contribution in [2.24, 2.45) is 0 Å². The second-order valence-corrected chi connectivity index (χ2v) is 6.49. The molecular weight excluding hydrogens is 335 g/mol. The van der Waals surface area contributed by atoms with Crippen LogP contribution in [0.1, 0.15) is 24.1 Å². The summed E-state index contributed by atoms with van der Waals surface area (Å²) >= 11 is 0. The van der Waals surface area contributed by atoms with Crippen molar-refractivity contribution >= 4 is 5.91 Å². The molecule has 1 N–H and O–H groups in total. The van der Waals surface area contributed by atoms with Crippen molar-refractivity contribution in [2.45, 2.75) is 19.5 Å². The van der Waals surface area contributed by atoms with E-state index in [2.05, 4.69) is 5.32 Å². The van der Waals surface area contributed by atoms with E-state index in [1.165, 1.54) is 12.1 Å². The van der Waals surface area contributed by atoms with Crippen molar-refractivity contribution in [3.8, 4) is 11.5 Å². The number of amides is 1. The molecule has 1 aliphatic heterocycles. The summed E-state index contributed by atoms with van der Waals surface area (Å²) in [4.78, 5) is 14.2. The largest absolute Gasteiger partial charge is 0.486 e. The highest BCUT2D eigenvalue weighted by molar-refractivity contribution is 5.78. The highest BCUT2D eigenvalue weighted by Gasteiger charge is 2.16. The molecule has 1 aliphatic rings. The van der Waals surface area contributed by atoms with Crippen LogP contribution in [0.3, 0.4) is 0 Å². The Bertz CT molecular complexity index is 764. The highest BCUT2D eigenvalue weighted by atomic mass is 19.1. The van der Waals surface area contributed by atoms with E-state index in [4.69, 9.17) is 9.47 Å². The van der Waals surface area contributed by atoms with E-state index < -0.39 is 0 Å². The Morgan fingerprint density at radius 3 is 2.58 bits per heavy atom. The predicted molar refractivity (Wildman–Crippen MR) is 96.7 cm³/mol. The van der Waals surface area contributed by atoms with E-state index in [1.807, 2.05) is 37.1 Å². The first kappa shape index (κ1) is 18.2. The fourth-order valence-electron chi connectivity index (χ4n) is 2.90. The minimum atomic E-state index is -0.262. The predicted octanol–water partition coefficient (Wildman–Crippen LogP) is 2.91. The van der Waals surface area contributed by atoms with E-state index >= 15 is 0 Å². The molecule has 0 aromatic heterocycles. The van der Waals surface area contributed by atoms with Crippen molar-refractivity contribution in [1.82, 2.24) is 10.2 Å². The van der Waals surface area contributed by atoms with Crippen molar-refractivity contribution in [1.29, 1.82) is 0 Å². The Kier molecular flexibility index (Phi) is 5.73. The lowest BCUT2D eigenvalue weighted by molar-refractivity contribution is -0.122. The van der Waals surface area contributed by atoms with Crippen LogP contribution in [-0.4, -0.2) is 37.6 Å². The topological polar surface area (TPSA) is 50.8 Å². The zero-order chi connectivity index (χ0) is 18.5. The van der Waals surface area contributed by atoms with Gasteiger partial charge in [0, 0.05) is 6.54 Å². The second kappa shape index (κ2) is 8.19. The molecular formula is C20H23FN2O3. The maximum Gasteiger partial charge on any atom is 0.234 e. The van der Waals surface area contributed by atoms with Crippen molar-refractivity contribution < 1.29 is 18.7 Å². The Hall–Kier alpha value is -2.60. The fourth-order valence-corrected chi connectivity index (χ4v) is 2.90. The van der Waals surface area contributed by atoms with E-state index in [0.29, 0.717) is 25.5 Å². The lowest BCUT2D eigenvalue weighted by Gasteiger charge is -2.22. The monoisotopic (exact) mass is 358 g/mol. The first-order valence-corrected chi connectivity index (χ1v) is 8.63. The van der Waals surface area contributed by atoms with Crippen molar-refractivity contribution in [2.75, 3.05) is 26.8 Å². The normalized spacial score (nSPS) is 14.2. The van der Waals surface area contributed by atoms with Crippen LogP contribution in [0, 0.1) is 5.82 Å². The Labute approximate surface area is 152 Å². The van der Waals surface area contributed by atoms with E-state index in [0.717, 1.165) is 16.9 Å². The summed E-state index contributed by atoms with van der Waals surface area (Å²) in [5.41, 5.74) is 1.92. The highest BCUT2D eigenvalue weighted by Crippen LogP contribution is 2.32. The lowest BCUT2D eigenvalue weighted by atomic mass is 10.1. The summed E-state index contributed by atoms with van der Waals surface area (Å²) in [7, 11) is 1.86. The number of carbonyl (C=O) groups is 1. The molecule has 138 valence electrons. The third kappa shape index (κ3) is 4.73. The van der Waals surface area contributed by atoms with Crippen LogP contribution >= 0.6 is 0 Å². The Balaban J connectivity index is 1.53. The van der Waals surface area contributed by atoms with E-state index in [1.54, 1.807) is 12.1 Å². The molecule has 3 rings (SSSR count). The standard InChI is InChI=1S/C20H23FN2O3/c1-14(16-5-8-18-19(11-16)26-10-9-25-18)22-20(24)13-23(2)12-15-3-6-17(21)7-4-15/h3-8,11,14H,9-10,12-13H2,1-2H3,(H,22,24)/t14-/m0/s1. The van der Waals surface area contributed by atoms with Gasteiger partial charge in [-0.1, -0.05) is 18.2 Å². The third-order valence-corrected chi connectivity index (χ3v) is 4.22. The summed E-state index contributed by atoms with van der Waals surface area (Å²) in [6.45, 7) is 3.85. The van der Waals surface area contributed by atoms with Crippen LogP contribution in [0.4, 0.5) is 4.39 Å². The van der Waals surface area contributed by atoms with Gasteiger partial charge in [-0.3, -0.25) is 9.69 Å². The molecule has 5 nitrogen and oxygen atoms in total. The molecule has 26 heavy (non-hydrogen) atoms. The second-order valence-electron chi connectivity index (χ2n) is 6.49. The van der Waals surface area contributed by atoms with Gasteiger partial charge in [-0.2, -0.15) is 0 Å². The number of nitrogens with one attached hydrogen (secondary N) is 1. The molecule has 0 aliphatic carbocycles. The number of nitrogens with zero attached hydrogens (tertiary/aromatic N) is 1. The van der Waals surface area contributed by atoms with Crippen molar-refractivity contribution in [3.63, 3.8) is 0 Å². The number of halogens is 1. The SMILES string of the molecule is C[C@H](NC(=O)CN(C)Cc1ccc(F)cc1)c1ccc2c(c1)OCCO2. The lowest BCUT2D eigenvalue weighted by Crippen LogP contribution is -2.36. The molecule has 0 radical (unpaired) electrons. The number of benzene rings is 2. The first-order valence-electron chi connectivity index (χ1n) is 8.63. The number of ether oxygens (including phenoxy) is 2. The fraction of sp³-hybridized carbons (Fsp3) is 0.350. The first-order chi connectivity index (χ1) is 12.5. The molecule has 0 spiro atoms. The summed E-state index contributed by atoms with van der Waals surface area (Å²) < 4.78 is 24.0.